The van der Waals surface area contributed by atoms with Gasteiger partial charge in [-0.05, 0) is 31.4 Å². The Morgan fingerprint density at radius 2 is 2.18 bits per heavy atom. The third-order valence-electron chi connectivity index (χ3n) is 2.89. The number of thiophene rings is 1. The Morgan fingerprint density at radius 3 is 2.82 bits per heavy atom. The van der Waals surface area contributed by atoms with Crippen molar-refractivity contribution in [2.45, 2.75) is 45.2 Å². The normalized spacial score (nSPS) is 14.9. The van der Waals surface area contributed by atoms with Gasteiger partial charge >= 0.3 is 0 Å². The van der Waals surface area contributed by atoms with Gasteiger partial charge in [-0.2, -0.15) is 0 Å². The van der Waals surface area contributed by atoms with Crippen LogP contribution in [0.25, 0.3) is 0 Å². The van der Waals surface area contributed by atoms with Crippen molar-refractivity contribution in [2.75, 3.05) is 6.54 Å². The highest BCUT2D eigenvalue weighted by molar-refractivity contribution is 7.11. The molecule has 1 saturated carbocycles. The van der Waals surface area contributed by atoms with Crippen LogP contribution in [0, 0.1) is 0 Å². The second kappa shape index (κ2) is 6.17. The van der Waals surface area contributed by atoms with E-state index in [2.05, 4.69) is 29.7 Å². The third-order valence-corrected chi connectivity index (χ3v) is 4.12. The van der Waals surface area contributed by atoms with Crippen LogP contribution in [-0.4, -0.2) is 18.5 Å². The quantitative estimate of drug-likeness (QED) is 0.780. The number of carbonyl (C=O) groups is 1. The van der Waals surface area contributed by atoms with Gasteiger partial charge in [-0.1, -0.05) is 6.92 Å². The molecule has 0 bridgehead atoms. The molecule has 94 valence electrons. The molecule has 0 atom stereocenters. The highest BCUT2D eigenvalue weighted by atomic mass is 32.1. The van der Waals surface area contributed by atoms with E-state index in [1.807, 2.05) is 0 Å². The lowest BCUT2D eigenvalue weighted by atomic mass is 10.3. The summed E-state index contributed by atoms with van der Waals surface area (Å²) >= 11 is 1.78. The molecule has 0 aliphatic heterocycles. The first-order valence-electron chi connectivity index (χ1n) is 6.35. The Kier molecular flexibility index (Phi) is 4.57. The van der Waals surface area contributed by atoms with Gasteiger partial charge in [-0.25, -0.2) is 0 Å². The Morgan fingerprint density at radius 1 is 1.41 bits per heavy atom. The fraction of sp³-hybridized carbons (Fsp3) is 0.615. The van der Waals surface area contributed by atoms with Crippen molar-refractivity contribution in [3.8, 4) is 0 Å². The van der Waals surface area contributed by atoms with Crippen LogP contribution in [0.4, 0.5) is 0 Å². The summed E-state index contributed by atoms with van der Waals surface area (Å²) < 4.78 is 0. The molecule has 3 nitrogen and oxygen atoms in total. The van der Waals surface area contributed by atoms with Crippen LogP contribution in [0.5, 0.6) is 0 Å². The molecule has 1 amide bonds. The highest BCUT2D eigenvalue weighted by Crippen LogP contribution is 2.18. The molecule has 1 aromatic heterocycles. The summed E-state index contributed by atoms with van der Waals surface area (Å²) in [4.78, 5) is 14.2. The minimum atomic E-state index is 0.143. The number of rotatable bonds is 7. The Bertz CT molecular complexity index is 371. The molecule has 2 N–H and O–H groups in total. The number of amides is 1. The van der Waals surface area contributed by atoms with E-state index >= 15 is 0 Å². The molecule has 0 radical (unpaired) electrons. The van der Waals surface area contributed by atoms with Gasteiger partial charge in [0.25, 0.3) is 0 Å². The standard InChI is InChI=1S/C13H20N2OS/c1-2-11-5-6-12(17-11)9-15-13(16)7-8-14-10-3-4-10/h5-6,10,14H,2-4,7-9H2,1H3,(H,15,16). The topological polar surface area (TPSA) is 41.1 Å². The molecule has 0 saturated heterocycles. The van der Waals surface area contributed by atoms with Gasteiger partial charge in [0, 0.05) is 28.8 Å². The molecular formula is C13H20N2OS. The maximum Gasteiger partial charge on any atom is 0.221 e. The summed E-state index contributed by atoms with van der Waals surface area (Å²) in [6.07, 6.45) is 4.21. The van der Waals surface area contributed by atoms with Crippen molar-refractivity contribution >= 4 is 17.2 Å². The van der Waals surface area contributed by atoms with Crippen LogP contribution in [0.15, 0.2) is 12.1 Å². The lowest BCUT2D eigenvalue weighted by molar-refractivity contribution is -0.121. The van der Waals surface area contributed by atoms with E-state index in [1.165, 1.54) is 22.6 Å². The number of hydrogen-bond donors (Lipinski definition) is 2. The maximum absolute atomic E-state index is 11.5. The van der Waals surface area contributed by atoms with Crippen molar-refractivity contribution in [1.29, 1.82) is 0 Å². The zero-order valence-corrected chi connectivity index (χ0v) is 11.1. The van der Waals surface area contributed by atoms with E-state index in [-0.39, 0.29) is 5.91 Å². The second-order valence-corrected chi connectivity index (χ2v) is 5.73. The summed E-state index contributed by atoms with van der Waals surface area (Å²) in [7, 11) is 0. The predicted octanol–water partition coefficient (Wildman–Crippen LogP) is 2.07. The third kappa shape index (κ3) is 4.48. The summed E-state index contributed by atoms with van der Waals surface area (Å²) in [5.41, 5.74) is 0. The molecular weight excluding hydrogens is 232 g/mol. The Hall–Kier alpha value is -0.870. The molecule has 0 spiro atoms. The molecule has 1 aliphatic carbocycles. The van der Waals surface area contributed by atoms with E-state index in [1.54, 1.807) is 11.3 Å². The number of aryl methyl sites for hydroxylation is 1. The lowest BCUT2D eigenvalue weighted by Crippen LogP contribution is -2.27. The second-order valence-electron chi connectivity index (χ2n) is 4.48. The zero-order chi connectivity index (χ0) is 12.1. The van der Waals surface area contributed by atoms with Crippen molar-refractivity contribution in [2.24, 2.45) is 0 Å². The van der Waals surface area contributed by atoms with E-state index in [0.717, 1.165) is 13.0 Å². The van der Waals surface area contributed by atoms with Crippen molar-refractivity contribution in [3.63, 3.8) is 0 Å². The van der Waals surface area contributed by atoms with Gasteiger partial charge in [0.2, 0.25) is 5.91 Å². The Balaban J connectivity index is 1.60. The summed E-state index contributed by atoms with van der Waals surface area (Å²) in [6.45, 7) is 3.63. The minimum Gasteiger partial charge on any atom is -0.351 e. The first-order valence-corrected chi connectivity index (χ1v) is 7.17. The summed E-state index contributed by atoms with van der Waals surface area (Å²) in [5.74, 6) is 0.143. The van der Waals surface area contributed by atoms with E-state index in [9.17, 15) is 4.79 Å². The largest absolute Gasteiger partial charge is 0.351 e. The smallest absolute Gasteiger partial charge is 0.221 e. The van der Waals surface area contributed by atoms with Gasteiger partial charge in [0.15, 0.2) is 0 Å². The number of nitrogens with one attached hydrogen (secondary N) is 2. The van der Waals surface area contributed by atoms with Gasteiger partial charge < -0.3 is 10.6 Å². The van der Waals surface area contributed by atoms with Crippen LogP contribution in [-0.2, 0) is 17.8 Å². The highest BCUT2D eigenvalue weighted by Gasteiger charge is 2.19. The van der Waals surface area contributed by atoms with E-state index in [4.69, 9.17) is 0 Å². The summed E-state index contributed by atoms with van der Waals surface area (Å²) in [5, 5.41) is 6.30. The van der Waals surface area contributed by atoms with Crippen LogP contribution in [0.3, 0.4) is 0 Å². The van der Waals surface area contributed by atoms with Crippen molar-refractivity contribution < 1.29 is 4.79 Å². The fourth-order valence-corrected chi connectivity index (χ4v) is 2.56. The average molecular weight is 252 g/mol. The van der Waals surface area contributed by atoms with Crippen LogP contribution >= 0.6 is 11.3 Å². The fourth-order valence-electron chi connectivity index (χ4n) is 1.66. The van der Waals surface area contributed by atoms with Crippen molar-refractivity contribution in [3.05, 3.63) is 21.9 Å². The molecule has 4 heteroatoms. The van der Waals surface area contributed by atoms with Gasteiger partial charge in [-0.15, -0.1) is 11.3 Å². The molecule has 1 aliphatic rings. The number of hydrogen-bond acceptors (Lipinski definition) is 3. The minimum absolute atomic E-state index is 0.143. The maximum atomic E-state index is 11.5. The molecule has 1 fully saturated rings. The van der Waals surface area contributed by atoms with Gasteiger partial charge in [-0.3, -0.25) is 4.79 Å². The first-order chi connectivity index (χ1) is 8.28. The predicted molar refractivity (Wildman–Crippen MR) is 71.2 cm³/mol. The van der Waals surface area contributed by atoms with E-state index in [0.29, 0.717) is 19.0 Å². The number of carbonyl (C=O) groups excluding carboxylic acids is 1. The SMILES string of the molecule is CCc1ccc(CNC(=O)CCNC2CC2)s1. The van der Waals surface area contributed by atoms with Gasteiger partial charge in [0.05, 0.1) is 6.54 Å². The van der Waals surface area contributed by atoms with E-state index < -0.39 is 0 Å². The van der Waals surface area contributed by atoms with Crippen LogP contribution < -0.4 is 10.6 Å². The average Bonchev–Trinajstić information content (AvgIpc) is 3.04. The van der Waals surface area contributed by atoms with Crippen LogP contribution in [0.2, 0.25) is 0 Å². The van der Waals surface area contributed by atoms with Crippen LogP contribution in [0.1, 0.15) is 35.9 Å². The monoisotopic (exact) mass is 252 g/mol. The molecule has 2 rings (SSSR count). The summed E-state index contributed by atoms with van der Waals surface area (Å²) in [6, 6.07) is 4.93. The molecule has 1 heterocycles. The van der Waals surface area contributed by atoms with Gasteiger partial charge in [0.1, 0.15) is 0 Å². The van der Waals surface area contributed by atoms with Crippen molar-refractivity contribution in [1.82, 2.24) is 10.6 Å². The first kappa shape index (κ1) is 12.6. The molecule has 17 heavy (non-hydrogen) atoms. The molecule has 1 aromatic rings. The lowest BCUT2D eigenvalue weighted by Gasteiger charge is -2.04. The molecule has 0 aromatic carbocycles. The Labute approximate surface area is 107 Å². The zero-order valence-electron chi connectivity index (χ0n) is 10.3. The molecule has 0 unspecified atom stereocenters.